The summed E-state index contributed by atoms with van der Waals surface area (Å²) in [6.45, 7) is 2.49. The number of hydrogen-bond acceptors (Lipinski definition) is 2. The lowest BCUT2D eigenvalue weighted by Crippen LogP contribution is -2.43. The maximum atomic E-state index is 11.8. The van der Waals surface area contributed by atoms with Gasteiger partial charge in [-0.3, -0.25) is 4.79 Å². The first kappa shape index (κ1) is 13.6. The number of amides is 1. The van der Waals surface area contributed by atoms with Crippen LogP contribution in [0.3, 0.4) is 0 Å². The minimum Gasteiger partial charge on any atom is -0.344 e. The number of halogens is 1. The molecule has 0 aliphatic heterocycles. The van der Waals surface area contributed by atoms with E-state index < -0.39 is 6.04 Å². The molecular weight excluding hydrogens is 292 g/mol. The molecule has 0 heterocycles. The summed E-state index contributed by atoms with van der Waals surface area (Å²) in [5.74, 6) is 0.0124. The molecule has 1 aromatic rings. The van der Waals surface area contributed by atoms with E-state index in [0.717, 1.165) is 23.9 Å². The van der Waals surface area contributed by atoms with Crippen LogP contribution in [0.2, 0.25) is 0 Å². The fourth-order valence-corrected chi connectivity index (χ4v) is 2.64. The Morgan fingerprint density at radius 2 is 2.00 bits per heavy atom. The molecule has 0 unspecified atom stereocenters. The molecule has 18 heavy (non-hydrogen) atoms. The van der Waals surface area contributed by atoms with Crippen LogP contribution in [0.25, 0.3) is 0 Å². The number of carbonyl (C=O) groups is 1. The topological polar surface area (TPSA) is 46.3 Å². The number of benzene rings is 1. The molecular formula is C14H19BrN2O. The van der Waals surface area contributed by atoms with E-state index in [0.29, 0.717) is 0 Å². The largest absolute Gasteiger partial charge is 0.344 e. The van der Waals surface area contributed by atoms with Crippen molar-refractivity contribution in [3.05, 3.63) is 34.3 Å². The van der Waals surface area contributed by atoms with Crippen molar-refractivity contribution in [2.45, 2.75) is 31.2 Å². The van der Waals surface area contributed by atoms with Crippen molar-refractivity contribution in [1.29, 1.82) is 0 Å². The summed E-state index contributed by atoms with van der Waals surface area (Å²) in [6, 6.07) is 7.98. The van der Waals surface area contributed by atoms with Gasteiger partial charge in [0.15, 0.2) is 0 Å². The molecule has 0 bridgehead atoms. The molecule has 2 rings (SSSR count). The maximum Gasteiger partial charge on any atom is 0.238 e. The zero-order valence-electron chi connectivity index (χ0n) is 10.8. The zero-order valence-corrected chi connectivity index (χ0v) is 12.4. The third-order valence-electron chi connectivity index (χ3n) is 3.62. The first-order valence-corrected chi connectivity index (χ1v) is 7.00. The second-order valence-corrected chi connectivity index (χ2v) is 6.19. The Morgan fingerprint density at radius 3 is 2.44 bits per heavy atom. The number of nitrogens with zero attached hydrogens (tertiary/aromatic N) is 1. The monoisotopic (exact) mass is 310 g/mol. The van der Waals surface area contributed by atoms with E-state index in [1.54, 1.807) is 11.8 Å². The van der Waals surface area contributed by atoms with E-state index in [1.165, 1.54) is 5.56 Å². The van der Waals surface area contributed by atoms with Gasteiger partial charge in [0, 0.05) is 23.5 Å². The molecule has 1 aliphatic rings. The van der Waals surface area contributed by atoms with Gasteiger partial charge < -0.3 is 10.6 Å². The van der Waals surface area contributed by atoms with Crippen LogP contribution in [0.15, 0.2) is 28.7 Å². The van der Waals surface area contributed by atoms with Crippen LogP contribution < -0.4 is 5.73 Å². The average molecular weight is 311 g/mol. The molecule has 0 aromatic heterocycles. The van der Waals surface area contributed by atoms with Gasteiger partial charge in [0.25, 0.3) is 0 Å². The smallest absolute Gasteiger partial charge is 0.238 e. The van der Waals surface area contributed by atoms with Crippen LogP contribution in [0.5, 0.6) is 0 Å². The highest BCUT2D eigenvalue weighted by Crippen LogP contribution is 2.48. The van der Waals surface area contributed by atoms with Crippen LogP contribution in [0.4, 0.5) is 0 Å². The highest BCUT2D eigenvalue weighted by Gasteiger charge is 2.45. The SMILES string of the molecule is C[C@@H](N)C(=O)N(C)CC1(c2ccc(Br)cc2)CC1. The molecule has 1 amide bonds. The van der Waals surface area contributed by atoms with Gasteiger partial charge >= 0.3 is 0 Å². The van der Waals surface area contributed by atoms with Gasteiger partial charge in [-0.25, -0.2) is 0 Å². The number of likely N-dealkylation sites (N-methyl/N-ethyl adjacent to an activating group) is 1. The van der Waals surface area contributed by atoms with Crippen molar-refractivity contribution in [2.24, 2.45) is 5.73 Å². The zero-order chi connectivity index (χ0) is 13.3. The van der Waals surface area contributed by atoms with Crippen molar-refractivity contribution >= 4 is 21.8 Å². The van der Waals surface area contributed by atoms with E-state index in [4.69, 9.17) is 5.73 Å². The highest BCUT2D eigenvalue weighted by molar-refractivity contribution is 9.10. The van der Waals surface area contributed by atoms with Crippen molar-refractivity contribution in [2.75, 3.05) is 13.6 Å². The molecule has 1 atom stereocenters. The number of nitrogens with two attached hydrogens (primary N) is 1. The maximum absolute atomic E-state index is 11.8. The lowest BCUT2D eigenvalue weighted by atomic mass is 9.95. The van der Waals surface area contributed by atoms with Crippen LogP contribution >= 0.6 is 15.9 Å². The summed E-state index contributed by atoms with van der Waals surface area (Å²) in [6.07, 6.45) is 2.29. The molecule has 1 fully saturated rings. The van der Waals surface area contributed by atoms with Gasteiger partial charge in [-0.05, 0) is 37.5 Å². The Balaban J connectivity index is 2.09. The first-order chi connectivity index (χ1) is 8.44. The van der Waals surface area contributed by atoms with Crippen molar-refractivity contribution in [3.8, 4) is 0 Å². The summed E-state index contributed by atoms with van der Waals surface area (Å²) in [5.41, 5.74) is 7.10. The molecule has 4 heteroatoms. The third kappa shape index (κ3) is 2.75. The van der Waals surface area contributed by atoms with Crippen molar-refractivity contribution < 1.29 is 4.79 Å². The number of carbonyl (C=O) groups excluding carboxylic acids is 1. The standard InChI is InChI=1S/C14H19BrN2O/c1-10(16)13(18)17(2)9-14(7-8-14)11-3-5-12(15)6-4-11/h3-6,10H,7-9,16H2,1-2H3/t10-/m1/s1. The van der Waals surface area contributed by atoms with Crippen LogP contribution in [-0.4, -0.2) is 30.4 Å². The summed E-state index contributed by atoms with van der Waals surface area (Å²) in [4.78, 5) is 13.6. The third-order valence-corrected chi connectivity index (χ3v) is 4.14. The molecule has 98 valence electrons. The minimum absolute atomic E-state index is 0.0124. The fraction of sp³-hybridized carbons (Fsp3) is 0.500. The van der Waals surface area contributed by atoms with Gasteiger partial charge in [0.2, 0.25) is 5.91 Å². The Morgan fingerprint density at radius 1 is 1.44 bits per heavy atom. The molecule has 0 radical (unpaired) electrons. The molecule has 0 spiro atoms. The second-order valence-electron chi connectivity index (χ2n) is 5.27. The van der Waals surface area contributed by atoms with Gasteiger partial charge in [-0.2, -0.15) is 0 Å². The predicted molar refractivity (Wildman–Crippen MR) is 76.3 cm³/mol. The molecule has 1 saturated carbocycles. The van der Waals surface area contributed by atoms with Crippen LogP contribution in [0, 0.1) is 0 Å². The normalized spacial score (nSPS) is 18.2. The second kappa shape index (κ2) is 5.02. The van der Waals surface area contributed by atoms with Crippen molar-refractivity contribution in [3.63, 3.8) is 0 Å². The number of rotatable bonds is 4. The predicted octanol–water partition coefficient (Wildman–Crippen LogP) is 2.29. The molecule has 0 saturated heterocycles. The lowest BCUT2D eigenvalue weighted by molar-refractivity contribution is -0.131. The van der Waals surface area contributed by atoms with E-state index in [2.05, 4.69) is 40.2 Å². The van der Waals surface area contributed by atoms with E-state index in [-0.39, 0.29) is 11.3 Å². The molecule has 2 N–H and O–H groups in total. The number of hydrogen-bond donors (Lipinski definition) is 1. The molecule has 1 aliphatic carbocycles. The lowest BCUT2D eigenvalue weighted by Gasteiger charge is -2.25. The van der Waals surface area contributed by atoms with E-state index in [9.17, 15) is 4.79 Å². The summed E-state index contributed by atoms with van der Waals surface area (Å²) >= 11 is 3.44. The summed E-state index contributed by atoms with van der Waals surface area (Å²) in [5, 5.41) is 0. The Hall–Kier alpha value is -0.870. The Kier molecular flexibility index (Phi) is 3.78. The van der Waals surface area contributed by atoms with Crippen LogP contribution in [-0.2, 0) is 10.2 Å². The van der Waals surface area contributed by atoms with Crippen molar-refractivity contribution in [1.82, 2.24) is 4.90 Å². The first-order valence-electron chi connectivity index (χ1n) is 6.21. The quantitative estimate of drug-likeness (QED) is 0.927. The van der Waals surface area contributed by atoms with Gasteiger partial charge in [0.1, 0.15) is 0 Å². The van der Waals surface area contributed by atoms with E-state index >= 15 is 0 Å². The molecule has 3 nitrogen and oxygen atoms in total. The van der Waals surface area contributed by atoms with Gasteiger partial charge in [0.05, 0.1) is 6.04 Å². The Labute approximate surface area is 116 Å². The Bertz CT molecular complexity index is 438. The fourth-order valence-electron chi connectivity index (χ4n) is 2.37. The minimum atomic E-state index is -0.421. The summed E-state index contributed by atoms with van der Waals surface area (Å²) < 4.78 is 1.09. The van der Waals surface area contributed by atoms with E-state index in [1.807, 2.05) is 7.05 Å². The average Bonchev–Trinajstić information content (AvgIpc) is 3.09. The van der Waals surface area contributed by atoms with Gasteiger partial charge in [-0.15, -0.1) is 0 Å². The summed E-state index contributed by atoms with van der Waals surface area (Å²) in [7, 11) is 1.84. The highest BCUT2D eigenvalue weighted by atomic mass is 79.9. The molecule has 1 aromatic carbocycles. The van der Waals surface area contributed by atoms with Crippen LogP contribution in [0.1, 0.15) is 25.3 Å². The van der Waals surface area contributed by atoms with Gasteiger partial charge in [-0.1, -0.05) is 28.1 Å².